The van der Waals surface area contributed by atoms with Gasteiger partial charge in [0.2, 0.25) is 0 Å². The predicted molar refractivity (Wildman–Crippen MR) is 328 cm³/mol. The van der Waals surface area contributed by atoms with Gasteiger partial charge in [-0.1, -0.05) is 244 Å². The first-order valence-electron chi connectivity index (χ1n) is 28.1. The minimum absolute atomic E-state index is 0.184. The minimum Gasteiger partial charge on any atom is -0.0619 e. The minimum atomic E-state index is -0.357. The van der Waals surface area contributed by atoms with Crippen molar-refractivity contribution in [3.63, 3.8) is 0 Å². The SMILES string of the molecule is CC1(C)c2cc(-c3ccc(-c4ccc5c(c4)C4(c6ccccc6-c6ccccc64)c4ccccc4-5)cc3)cc3ccc4cc(-c5ccc(-c6ccc7c(c6)C6(c8ccccc8-c8ccccc86)c6ccccc6-7)cc5)cc1c4c23. The van der Waals surface area contributed by atoms with Gasteiger partial charge in [-0.05, 0) is 203 Å². The fourth-order valence-corrected chi connectivity index (χ4v) is 16.1. The normalized spacial score (nSPS) is 15.0. The van der Waals surface area contributed by atoms with Crippen molar-refractivity contribution >= 4 is 21.5 Å². The summed E-state index contributed by atoms with van der Waals surface area (Å²) in [5, 5.41) is 5.40. The van der Waals surface area contributed by atoms with Gasteiger partial charge in [-0.25, -0.2) is 0 Å². The second-order valence-electron chi connectivity index (χ2n) is 23.4. The van der Waals surface area contributed by atoms with Gasteiger partial charge in [0.25, 0.3) is 0 Å². The van der Waals surface area contributed by atoms with E-state index < -0.39 is 0 Å². The monoisotopic (exact) mass is 998 g/mol. The number of benzene rings is 13. The van der Waals surface area contributed by atoms with Gasteiger partial charge in [0, 0.05) is 5.41 Å². The number of fused-ring (bicyclic) bond motifs is 20. The number of rotatable bonds is 4. The molecule has 79 heavy (non-hydrogen) atoms. The van der Waals surface area contributed by atoms with E-state index in [-0.39, 0.29) is 16.2 Å². The van der Waals surface area contributed by atoms with Gasteiger partial charge < -0.3 is 0 Å². The molecule has 366 valence electrons. The Morgan fingerprint density at radius 2 is 0.430 bits per heavy atom. The second-order valence-corrected chi connectivity index (χ2v) is 23.4. The van der Waals surface area contributed by atoms with E-state index >= 15 is 0 Å². The maximum atomic E-state index is 2.49. The van der Waals surface area contributed by atoms with E-state index in [2.05, 4.69) is 281 Å². The third-order valence-electron chi connectivity index (χ3n) is 19.5. The fourth-order valence-electron chi connectivity index (χ4n) is 16.1. The van der Waals surface area contributed by atoms with Gasteiger partial charge in [0.05, 0.1) is 10.8 Å². The molecule has 5 aliphatic carbocycles. The molecule has 0 saturated carbocycles. The summed E-state index contributed by atoms with van der Waals surface area (Å²) in [7, 11) is 0. The van der Waals surface area contributed by atoms with Crippen molar-refractivity contribution in [3.8, 4) is 89.0 Å². The Hall–Kier alpha value is -9.62. The molecule has 0 amide bonds. The van der Waals surface area contributed by atoms with Crippen molar-refractivity contribution in [2.75, 3.05) is 0 Å². The van der Waals surface area contributed by atoms with Crippen molar-refractivity contribution in [1.29, 1.82) is 0 Å². The standard InChI is InChI=1S/C79H50/c1-77(2)73-45-55(49-31-27-47(28-32-49)51-37-39-63-61-19-7-13-25-69(61)78(71(63)43-51)65-21-9-3-15-57(65)58-16-4-10-22-66(58)78)41-53-35-36-54-42-56(46-74(77)76(54)75(53)73)50-33-29-48(30-34-50)52-38-40-64-62-20-8-14-26-70(62)79(72(64)44-52)67-23-11-5-17-59(67)60-18-6-12-24-68(60)79/h3-46H,1-2H3. The van der Waals surface area contributed by atoms with Crippen LogP contribution in [0.3, 0.4) is 0 Å². The van der Waals surface area contributed by atoms with Gasteiger partial charge in [-0.15, -0.1) is 0 Å². The van der Waals surface area contributed by atoms with Crippen molar-refractivity contribution in [2.24, 2.45) is 0 Å². The summed E-state index contributed by atoms with van der Waals surface area (Å²) in [4.78, 5) is 0. The Kier molecular flexibility index (Phi) is 8.43. The number of hydrogen-bond acceptors (Lipinski definition) is 0. The highest BCUT2D eigenvalue weighted by molar-refractivity contribution is 6.17. The largest absolute Gasteiger partial charge is 0.0725 e. The lowest BCUT2D eigenvalue weighted by Gasteiger charge is -2.30. The van der Waals surface area contributed by atoms with Crippen LogP contribution in [0.15, 0.2) is 267 Å². The molecule has 0 unspecified atom stereocenters. The molecule has 18 rings (SSSR count). The topological polar surface area (TPSA) is 0 Å². The molecule has 0 saturated heterocycles. The summed E-state index contributed by atoms with van der Waals surface area (Å²) in [5.74, 6) is 0. The molecule has 5 aliphatic rings. The summed E-state index contributed by atoms with van der Waals surface area (Å²) in [6, 6.07) is 102. The van der Waals surface area contributed by atoms with Crippen LogP contribution in [0.4, 0.5) is 0 Å². The molecule has 0 aromatic heterocycles. The molecule has 13 aromatic rings. The Morgan fingerprint density at radius 1 is 0.190 bits per heavy atom. The highest BCUT2D eigenvalue weighted by Crippen LogP contribution is 2.65. The third kappa shape index (κ3) is 5.44. The average Bonchev–Trinajstić information content (AvgIpc) is 2.30. The summed E-state index contributed by atoms with van der Waals surface area (Å²) in [5.41, 5.74) is 33.5. The lowest BCUT2D eigenvalue weighted by Crippen LogP contribution is -2.25. The highest BCUT2D eigenvalue weighted by atomic mass is 14.5. The predicted octanol–water partition coefficient (Wildman–Crippen LogP) is 20.0. The third-order valence-corrected chi connectivity index (χ3v) is 19.5. The van der Waals surface area contributed by atoms with Gasteiger partial charge in [-0.2, -0.15) is 0 Å². The molecule has 2 spiro atoms. The van der Waals surface area contributed by atoms with E-state index in [1.807, 2.05) is 0 Å². The first-order valence-corrected chi connectivity index (χ1v) is 28.1. The van der Waals surface area contributed by atoms with Crippen LogP contribution in [0.2, 0.25) is 0 Å². The Morgan fingerprint density at radius 3 is 0.734 bits per heavy atom. The van der Waals surface area contributed by atoms with Crippen LogP contribution in [0, 0.1) is 0 Å². The molecule has 0 nitrogen and oxygen atoms in total. The van der Waals surface area contributed by atoms with Crippen LogP contribution >= 0.6 is 0 Å². The van der Waals surface area contributed by atoms with Crippen LogP contribution in [0.1, 0.15) is 69.5 Å². The fraction of sp³-hybridized carbons (Fsp3) is 0.0633. The molecule has 0 aliphatic heterocycles. The smallest absolute Gasteiger partial charge is 0.0619 e. The summed E-state index contributed by atoms with van der Waals surface area (Å²) in [6.45, 7) is 4.85. The summed E-state index contributed by atoms with van der Waals surface area (Å²) in [6.07, 6.45) is 0. The van der Waals surface area contributed by atoms with Gasteiger partial charge >= 0.3 is 0 Å². The van der Waals surface area contributed by atoms with Crippen LogP contribution in [-0.4, -0.2) is 0 Å². The van der Waals surface area contributed by atoms with Gasteiger partial charge in [0.1, 0.15) is 0 Å². The lowest BCUT2D eigenvalue weighted by molar-refractivity contribution is 0.663. The molecule has 0 heterocycles. The molecular formula is C79H50. The van der Waals surface area contributed by atoms with Gasteiger partial charge in [-0.3, -0.25) is 0 Å². The Labute approximate surface area is 460 Å². The lowest BCUT2D eigenvalue weighted by atomic mass is 9.70. The van der Waals surface area contributed by atoms with E-state index in [0.29, 0.717) is 0 Å². The van der Waals surface area contributed by atoms with Gasteiger partial charge in [0.15, 0.2) is 0 Å². The number of hydrogen-bond donors (Lipinski definition) is 0. The van der Waals surface area contributed by atoms with E-state index in [1.54, 1.807) is 0 Å². The maximum absolute atomic E-state index is 2.49. The zero-order valence-corrected chi connectivity index (χ0v) is 43.9. The zero-order chi connectivity index (χ0) is 51.9. The molecule has 0 atom stereocenters. The molecule has 0 N–H and O–H groups in total. The summed E-state index contributed by atoms with van der Waals surface area (Å²) >= 11 is 0. The second kappa shape index (κ2) is 15.3. The molecule has 0 bridgehead atoms. The Bertz CT molecular complexity index is 4420. The molecule has 0 heteroatoms. The van der Waals surface area contributed by atoms with E-state index in [0.717, 1.165) is 0 Å². The van der Waals surface area contributed by atoms with Crippen LogP contribution < -0.4 is 0 Å². The van der Waals surface area contributed by atoms with Crippen LogP contribution in [0.5, 0.6) is 0 Å². The first kappa shape index (κ1) is 43.5. The van der Waals surface area contributed by atoms with Crippen molar-refractivity contribution in [3.05, 3.63) is 323 Å². The van der Waals surface area contributed by atoms with Crippen molar-refractivity contribution in [1.82, 2.24) is 0 Å². The summed E-state index contributed by atoms with van der Waals surface area (Å²) < 4.78 is 0. The quantitative estimate of drug-likeness (QED) is 0.154. The average molecular weight is 999 g/mol. The molecule has 0 radical (unpaired) electrons. The molecular weight excluding hydrogens is 949 g/mol. The first-order chi connectivity index (χ1) is 38.9. The van der Waals surface area contributed by atoms with E-state index in [9.17, 15) is 0 Å². The van der Waals surface area contributed by atoms with Crippen LogP contribution in [0.25, 0.3) is 111 Å². The van der Waals surface area contributed by atoms with Crippen molar-refractivity contribution in [2.45, 2.75) is 30.1 Å². The zero-order valence-electron chi connectivity index (χ0n) is 43.9. The highest BCUT2D eigenvalue weighted by Gasteiger charge is 2.53. The van der Waals surface area contributed by atoms with E-state index in [4.69, 9.17) is 0 Å². The maximum Gasteiger partial charge on any atom is 0.0725 e. The van der Waals surface area contributed by atoms with Crippen molar-refractivity contribution < 1.29 is 0 Å². The molecule has 0 fully saturated rings. The molecule has 13 aromatic carbocycles. The Balaban J connectivity index is 0.676. The van der Waals surface area contributed by atoms with E-state index in [1.165, 1.54) is 166 Å². The van der Waals surface area contributed by atoms with Crippen LogP contribution in [-0.2, 0) is 16.2 Å².